The predicted molar refractivity (Wildman–Crippen MR) is 263 cm³/mol. The Kier molecular flexibility index (Phi) is 10.8. The maximum atomic E-state index is 5.13. The Hall–Kier alpha value is -9.14. The first-order chi connectivity index (χ1) is 32.7. The first kappa shape index (κ1) is 39.7. The van der Waals surface area contributed by atoms with Crippen LogP contribution in [-0.4, -0.2) is 39.9 Å². The fourth-order valence-corrected chi connectivity index (χ4v) is 8.17. The summed E-state index contributed by atoms with van der Waals surface area (Å²) in [7, 11) is 0. The van der Waals surface area contributed by atoms with Gasteiger partial charge in [0.25, 0.3) is 0 Å². The van der Waals surface area contributed by atoms with Crippen molar-refractivity contribution in [3.8, 4) is 113 Å². The van der Waals surface area contributed by atoms with Crippen molar-refractivity contribution in [3.05, 3.63) is 231 Å². The van der Waals surface area contributed by atoms with E-state index in [9.17, 15) is 0 Å². The predicted octanol–water partition coefficient (Wildman–Crippen LogP) is 13.5. The van der Waals surface area contributed by atoms with Gasteiger partial charge in [0.1, 0.15) is 5.69 Å². The smallest absolute Gasteiger partial charge is 0.182 e. The van der Waals surface area contributed by atoms with E-state index in [0.717, 1.165) is 72.3 Å². The highest BCUT2D eigenvalue weighted by Gasteiger charge is 2.21. The van der Waals surface area contributed by atoms with E-state index in [1.54, 1.807) is 6.20 Å². The van der Waals surface area contributed by atoms with Gasteiger partial charge in [-0.2, -0.15) is 0 Å². The van der Waals surface area contributed by atoms with Crippen LogP contribution in [0, 0.1) is 0 Å². The van der Waals surface area contributed by atoms with Crippen molar-refractivity contribution in [2.45, 2.75) is 0 Å². The van der Waals surface area contributed by atoms with Crippen LogP contribution in [0.15, 0.2) is 231 Å². The molecule has 0 spiro atoms. The summed E-state index contributed by atoms with van der Waals surface area (Å²) in [5, 5.41) is 0. The first-order valence-electron chi connectivity index (χ1n) is 21.7. The van der Waals surface area contributed by atoms with Crippen LogP contribution in [0.5, 0.6) is 0 Å². The van der Waals surface area contributed by atoms with Crippen molar-refractivity contribution >= 4 is 0 Å². The minimum absolute atomic E-state index is 0.489. The van der Waals surface area contributed by atoms with Crippen molar-refractivity contribution in [2.24, 2.45) is 0 Å². The number of benzene rings is 7. The maximum Gasteiger partial charge on any atom is 0.182 e. The second kappa shape index (κ2) is 17.9. The number of aromatic nitrogens is 8. The lowest BCUT2D eigenvalue weighted by molar-refractivity contribution is 1.06. The molecule has 8 heteroatoms. The lowest BCUT2D eigenvalue weighted by atomic mass is 9.86. The van der Waals surface area contributed by atoms with Crippen LogP contribution in [-0.2, 0) is 0 Å². The summed E-state index contributed by atoms with van der Waals surface area (Å²) in [6, 6.07) is 71.5. The number of hydrogen-bond donors (Lipinski definition) is 0. The minimum atomic E-state index is 0.489. The third-order valence-electron chi connectivity index (χ3n) is 11.4. The molecule has 11 rings (SSSR count). The summed E-state index contributed by atoms with van der Waals surface area (Å²) in [6.07, 6.45) is 5.58. The normalized spacial score (nSPS) is 11.0. The number of hydrogen-bond acceptors (Lipinski definition) is 8. The quantitative estimate of drug-likeness (QED) is 0.134. The highest BCUT2D eigenvalue weighted by Crippen LogP contribution is 2.43. The van der Waals surface area contributed by atoms with Crippen molar-refractivity contribution < 1.29 is 0 Å². The number of pyridine rings is 2. The zero-order chi connectivity index (χ0) is 44.1. The molecule has 0 saturated heterocycles. The molecular weight excluding hydrogens is 809 g/mol. The van der Waals surface area contributed by atoms with Crippen LogP contribution in [0.4, 0.5) is 0 Å². The molecule has 310 valence electrons. The molecule has 0 radical (unpaired) electrons. The second-order valence-corrected chi connectivity index (χ2v) is 15.6. The molecule has 0 N–H and O–H groups in total. The van der Waals surface area contributed by atoms with Crippen LogP contribution >= 0.6 is 0 Å². The summed E-state index contributed by atoms with van der Waals surface area (Å²) in [4.78, 5) is 39.8. The second-order valence-electron chi connectivity index (χ2n) is 15.6. The fraction of sp³-hybridized carbons (Fsp3) is 0. The van der Waals surface area contributed by atoms with Gasteiger partial charge >= 0.3 is 0 Å². The highest BCUT2D eigenvalue weighted by atomic mass is 15.1. The van der Waals surface area contributed by atoms with Crippen molar-refractivity contribution in [3.63, 3.8) is 0 Å². The van der Waals surface area contributed by atoms with Gasteiger partial charge in [0.05, 0.1) is 0 Å². The molecule has 0 aliphatic rings. The molecule has 8 nitrogen and oxygen atoms in total. The van der Waals surface area contributed by atoms with Crippen molar-refractivity contribution in [2.75, 3.05) is 0 Å². The summed E-state index contributed by atoms with van der Waals surface area (Å²) in [5.74, 6) is 3.37. The van der Waals surface area contributed by atoms with Gasteiger partial charge in [0.15, 0.2) is 34.9 Å². The molecule has 66 heavy (non-hydrogen) atoms. The van der Waals surface area contributed by atoms with Crippen LogP contribution in [0.1, 0.15) is 0 Å². The van der Waals surface area contributed by atoms with Crippen LogP contribution in [0.2, 0.25) is 0 Å². The molecule has 0 fully saturated rings. The first-order valence-corrected chi connectivity index (χ1v) is 21.7. The largest absolute Gasteiger partial charge is 0.264 e. The lowest BCUT2D eigenvalue weighted by Gasteiger charge is -2.19. The summed E-state index contributed by atoms with van der Waals surface area (Å²) < 4.78 is 0. The molecule has 0 saturated carbocycles. The summed E-state index contributed by atoms with van der Waals surface area (Å²) in [5.41, 5.74) is 13.1. The summed E-state index contributed by atoms with van der Waals surface area (Å²) >= 11 is 0. The topological polar surface area (TPSA) is 103 Å². The van der Waals surface area contributed by atoms with Gasteiger partial charge in [0.2, 0.25) is 0 Å². The Morgan fingerprint density at radius 1 is 0.242 bits per heavy atom. The van der Waals surface area contributed by atoms with Gasteiger partial charge in [-0.1, -0.05) is 194 Å². The van der Waals surface area contributed by atoms with Crippen LogP contribution in [0.25, 0.3) is 113 Å². The molecule has 0 bridgehead atoms. The zero-order valence-electron chi connectivity index (χ0n) is 35.5. The van der Waals surface area contributed by atoms with E-state index < -0.39 is 0 Å². The third kappa shape index (κ3) is 8.14. The lowest BCUT2D eigenvalue weighted by Crippen LogP contribution is -2.02. The van der Waals surface area contributed by atoms with E-state index in [1.807, 2.05) is 146 Å². The Labute approximate surface area is 382 Å². The van der Waals surface area contributed by atoms with Gasteiger partial charge in [0, 0.05) is 57.5 Å². The van der Waals surface area contributed by atoms with Crippen molar-refractivity contribution in [1.29, 1.82) is 0 Å². The Bertz CT molecular complexity index is 3380. The van der Waals surface area contributed by atoms with Gasteiger partial charge in [-0.25, -0.2) is 29.9 Å². The number of rotatable bonds is 10. The van der Waals surface area contributed by atoms with E-state index in [4.69, 9.17) is 34.9 Å². The Morgan fingerprint density at radius 3 is 1.27 bits per heavy atom. The fourth-order valence-electron chi connectivity index (χ4n) is 8.17. The van der Waals surface area contributed by atoms with Gasteiger partial charge in [-0.3, -0.25) is 9.97 Å². The maximum absolute atomic E-state index is 5.13. The molecule has 0 aliphatic heterocycles. The Morgan fingerprint density at radius 2 is 0.697 bits per heavy atom. The van der Waals surface area contributed by atoms with E-state index in [1.165, 1.54) is 0 Å². The van der Waals surface area contributed by atoms with E-state index in [0.29, 0.717) is 40.6 Å². The van der Waals surface area contributed by atoms with Crippen LogP contribution in [0.3, 0.4) is 0 Å². The molecule has 0 unspecified atom stereocenters. The average molecular weight is 847 g/mol. The molecular formula is C58H38N8. The third-order valence-corrected chi connectivity index (χ3v) is 11.4. The van der Waals surface area contributed by atoms with E-state index >= 15 is 0 Å². The van der Waals surface area contributed by atoms with Crippen LogP contribution < -0.4 is 0 Å². The average Bonchev–Trinajstić information content (AvgIpc) is 3.41. The molecule has 4 heterocycles. The summed E-state index contributed by atoms with van der Waals surface area (Å²) in [6.45, 7) is 0. The van der Waals surface area contributed by atoms with Gasteiger partial charge < -0.3 is 0 Å². The molecule has 11 aromatic rings. The van der Waals surface area contributed by atoms with Crippen molar-refractivity contribution in [1.82, 2.24) is 39.9 Å². The molecule has 0 amide bonds. The Balaban J connectivity index is 1.05. The standard InChI is InChI=1S/C58H38N8/c1-5-18-39(19-6-1)45-33-34-51(60-38-45)58-65-55(42-24-11-4-12-25-42)62-56(66-58)44-27-15-26-43(36-44)47-31-16-32-49(52(47)46-28-17-35-59-37-46)48-29-13-14-30-50(48)57-63-53(40-20-7-2-8-21-40)61-54(64-57)41-22-9-3-10-23-41/h1-38H. The van der Waals surface area contributed by atoms with Gasteiger partial charge in [-0.15, -0.1) is 0 Å². The molecule has 7 aromatic carbocycles. The molecule has 0 atom stereocenters. The zero-order valence-corrected chi connectivity index (χ0v) is 35.5. The monoisotopic (exact) mass is 846 g/mol. The SMILES string of the molecule is c1ccc(-c2ccc(-c3nc(-c4ccccc4)nc(-c4cccc(-c5cccc(-c6ccccc6-c6nc(-c7ccccc7)nc(-c7ccccc7)n6)c5-c5cccnc5)c4)n3)nc2)cc1. The van der Waals surface area contributed by atoms with Gasteiger partial charge in [-0.05, 0) is 51.6 Å². The molecule has 0 aliphatic carbocycles. The highest BCUT2D eigenvalue weighted by molar-refractivity contribution is 5.98. The number of nitrogens with zero attached hydrogens (tertiary/aromatic N) is 8. The molecule has 4 aromatic heterocycles. The van der Waals surface area contributed by atoms with E-state index in [-0.39, 0.29) is 0 Å². The van der Waals surface area contributed by atoms with E-state index in [2.05, 4.69) is 83.8 Å². The minimum Gasteiger partial charge on any atom is -0.264 e.